The molecule has 0 aliphatic carbocycles. The fraction of sp³-hybridized carbons (Fsp3) is 0.308. The van der Waals surface area contributed by atoms with Gasteiger partial charge in [-0.2, -0.15) is 0 Å². The highest BCUT2D eigenvalue weighted by Gasteiger charge is 2.17. The predicted octanol–water partition coefficient (Wildman–Crippen LogP) is 1.16. The van der Waals surface area contributed by atoms with Crippen LogP contribution in [-0.2, 0) is 4.79 Å². The average Bonchev–Trinajstić information content (AvgIpc) is 2.66. The Morgan fingerprint density at radius 3 is 2.84 bits per heavy atom. The number of carbonyl (C=O) groups is 2. The number of hydrogen-bond donors (Lipinski definition) is 2. The van der Waals surface area contributed by atoms with E-state index in [1.165, 1.54) is 0 Å². The third kappa shape index (κ3) is 2.57. The minimum atomic E-state index is -0.939. The van der Waals surface area contributed by atoms with E-state index in [2.05, 4.69) is 10.3 Å². The number of carbonyl (C=O) groups excluding carboxylic acids is 1. The molecule has 0 spiro atoms. The van der Waals surface area contributed by atoms with Gasteiger partial charge in [0, 0.05) is 12.7 Å². The molecule has 6 nitrogen and oxygen atoms in total. The summed E-state index contributed by atoms with van der Waals surface area (Å²) >= 11 is 0. The van der Waals surface area contributed by atoms with Gasteiger partial charge in [0.2, 0.25) is 0 Å². The summed E-state index contributed by atoms with van der Waals surface area (Å²) in [4.78, 5) is 26.9. The molecular weight excluding hydrogens is 246 g/mol. The summed E-state index contributed by atoms with van der Waals surface area (Å²) in [6.45, 7) is 3.79. The summed E-state index contributed by atoms with van der Waals surface area (Å²) in [6, 6.07) is 3.77. The van der Waals surface area contributed by atoms with Gasteiger partial charge in [-0.1, -0.05) is 6.07 Å². The van der Waals surface area contributed by atoms with Crippen molar-refractivity contribution in [2.75, 3.05) is 6.54 Å². The molecule has 0 radical (unpaired) electrons. The van der Waals surface area contributed by atoms with Crippen molar-refractivity contribution in [1.29, 1.82) is 0 Å². The van der Waals surface area contributed by atoms with E-state index in [9.17, 15) is 9.59 Å². The zero-order valence-electron chi connectivity index (χ0n) is 10.8. The van der Waals surface area contributed by atoms with Gasteiger partial charge in [0.25, 0.3) is 5.91 Å². The monoisotopic (exact) mass is 261 g/mol. The third-order valence-electron chi connectivity index (χ3n) is 2.86. The summed E-state index contributed by atoms with van der Waals surface area (Å²) < 4.78 is 1.72. The minimum Gasteiger partial charge on any atom is -0.481 e. The standard InChI is InChI=1S/C13H15N3O3/c1-8-4-3-7-16-11(9(2)15-12(8)16)13(19)14-6-5-10(17)18/h3-4,7H,5-6H2,1-2H3,(H,14,19)(H,17,18). The van der Waals surface area contributed by atoms with Gasteiger partial charge in [0.1, 0.15) is 11.3 Å². The molecule has 0 saturated heterocycles. The zero-order valence-corrected chi connectivity index (χ0v) is 10.8. The molecule has 2 N–H and O–H groups in total. The molecule has 2 aromatic heterocycles. The average molecular weight is 261 g/mol. The van der Waals surface area contributed by atoms with Gasteiger partial charge < -0.3 is 10.4 Å². The molecule has 0 aliphatic rings. The number of rotatable bonds is 4. The number of nitrogens with zero attached hydrogens (tertiary/aromatic N) is 2. The Hall–Kier alpha value is -2.37. The smallest absolute Gasteiger partial charge is 0.305 e. The molecule has 6 heteroatoms. The van der Waals surface area contributed by atoms with Crippen molar-refractivity contribution >= 4 is 17.5 Å². The van der Waals surface area contributed by atoms with E-state index in [1.807, 2.05) is 19.1 Å². The molecule has 0 saturated carbocycles. The molecule has 0 aromatic carbocycles. The van der Waals surface area contributed by atoms with Crippen LogP contribution in [0.25, 0.3) is 5.65 Å². The largest absolute Gasteiger partial charge is 0.481 e. The molecule has 0 atom stereocenters. The Morgan fingerprint density at radius 2 is 2.16 bits per heavy atom. The summed E-state index contributed by atoms with van der Waals surface area (Å²) in [5, 5.41) is 11.1. The highest BCUT2D eigenvalue weighted by Crippen LogP contribution is 2.15. The van der Waals surface area contributed by atoms with Crippen LogP contribution in [-0.4, -0.2) is 32.9 Å². The number of fused-ring (bicyclic) bond motifs is 1. The second-order valence-electron chi connectivity index (χ2n) is 4.33. The van der Waals surface area contributed by atoms with Crippen LogP contribution in [0, 0.1) is 13.8 Å². The van der Waals surface area contributed by atoms with Gasteiger partial charge in [-0.15, -0.1) is 0 Å². The first-order chi connectivity index (χ1) is 9.00. The van der Waals surface area contributed by atoms with Crippen LogP contribution in [0.15, 0.2) is 18.3 Å². The van der Waals surface area contributed by atoms with E-state index in [1.54, 1.807) is 17.5 Å². The molecule has 0 fully saturated rings. The Bertz CT molecular complexity index is 646. The van der Waals surface area contributed by atoms with Crippen molar-refractivity contribution in [3.63, 3.8) is 0 Å². The summed E-state index contributed by atoms with van der Waals surface area (Å²) in [5.74, 6) is -1.25. The number of pyridine rings is 1. The van der Waals surface area contributed by atoms with E-state index in [4.69, 9.17) is 5.11 Å². The lowest BCUT2D eigenvalue weighted by atomic mass is 10.3. The summed E-state index contributed by atoms with van der Waals surface area (Å²) in [5.41, 5.74) is 2.80. The highest BCUT2D eigenvalue weighted by molar-refractivity contribution is 5.94. The molecule has 19 heavy (non-hydrogen) atoms. The van der Waals surface area contributed by atoms with Crippen LogP contribution >= 0.6 is 0 Å². The Kier molecular flexibility index (Phi) is 3.50. The molecule has 0 unspecified atom stereocenters. The van der Waals surface area contributed by atoms with E-state index >= 15 is 0 Å². The van der Waals surface area contributed by atoms with Crippen molar-refractivity contribution in [1.82, 2.24) is 14.7 Å². The zero-order chi connectivity index (χ0) is 14.0. The van der Waals surface area contributed by atoms with Crippen molar-refractivity contribution in [3.8, 4) is 0 Å². The number of aromatic nitrogens is 2. The lowest BCUT2D eigenvalue weighted by Crippen LogP contribution is -2.27. The SMILES string of the molecule is Cc1nc2c(C)cccn2c1C(=O)NCCC(=O)O. The molecule has 0 bridgehead atoms. The van der Waals surface area contributed by atoms with Gasteiger partial charge in [0.15, 0.2) is 0 Å². The third-order valence-corrected chi connectivity index (χ3v) is 2.86. The van der Waals surface area contributed by atoms with Crippen molar-refractivity contribution in [2.45, 2.75) is 20.3 Å². The number of carboxylic acids is 1. The van der Waals surface area contributed by atoms with Gasteiger partial charge >= 0.3 is 5.97 Å². The lowest BCUT2D eigenvalue weighted by molar-refractivity contribution is -0.136. The van der Waals surface area contributed by atoms with E-state index in [0.717, 1.165) is 11.2 Å². The fourth-order valence-electron chi connectivity index (χ4n) is 1.96. The van der Waals surface area contributed by atoms with E-state index in [-0.39, 0.29) is 18.9 Å². The fourth-order valence-corrected chi connectivity index (χ4v) is 1.96. The molecule has 100 valence electrons. The number of hydrogen-bond acceptors (Lipinski definition) is 3. The first-order valence-electron chi connectivity index (χ1n) is 5.95. The topological polar surface area (TPSA) is 83.7 Å². The molecule has 2 rings (SSSR count). The maximum Gasteiger partial charge on any atom is 0.305 e. The van der Waals surface area contributed by atoms with Crippen LogP contribution in [0.5, 0.6) is 0 Å². The van der Waals surface area contributed by atoms with Gasteiger partial charge in [-0.25, -0.2) is 4.98 Å². The number of aliphatic carboxylic acids is 1. The number of imidazole rings is 1. The Balaban J connectivity index is 2.29. The van der Waals surface area contributed by atoms with Crippen LogP contribution in [0.2, 0.25) is 0 Å². The lowest BCUT2D eigenvalue weighted by Gasteiger charge is -2.05. The Labute approximate surface area is 110 Å². The summed E-state index contributed by atoms with van der Waals surface area (Å²) in [7, 11) is 0. The predicted molar refractivity (Wildman–Crippen MR) is 69.3 cm³/mol. The van der Waals surface area contributed by atoms with Gasteiger partial charge in [0.05, 0.1) is 12.1 Å². The van der Waals surface area contributed by atoms with E-state index < -0.39 is 5.97 Å². The maximum atomic E-state index is 12.1. The van der Waals surface area contributed by atoms with Crippen molar-refractivity contribution in [2.24, 2.45) is 0 Å². The second kappa shape index (κ2) is 5.09. The van der Waals surface area contributed by atoms with Crippen LogP contribution in [0.1, 0.15) is 28.2 Å². The molecule has 2 heterocycles. The van der Waals surface area contributed by atoms with Crippen molar-refractivity contribution < 1.29 is 14.7 Å². The Morgan fingerprint density at radius 1 is 1.42 bits per heavy atom. The van der Waals surface area contributed by atoms with Crippen molar-refractivity contribution in [3.05, 3.63) is 35.3 Å². The number of nitrogens with one attached hydrogen (secondary N) is 1. The maximum absolute atomic E-state index is 12.1. The molecule has 1 amide bonds. The number of amides is 1. The molecule has 0 aliphatic heterocycles. The van der Waals surface area contributed by atoms with Gasteiger partial charge in [-0.05, 0) is 25.5 Å². The van der Waals surface area contributed by atoms with E-state index in [0.29, 0.717) is 11.4 Å². The highest BCUT2D eigenvalue weighted by atomic mass is 16.4. The van der Waals surface area contributed by atoms with Gasteiger partial charge in [-0.3, -0.25) is 14.0 Å². The second-order valence-corrected chi connectivity index (χ2v) is 4.33. The summed E-state index contributed by atoms with van der Waals surface area (Å²) in [6.07, 6.45) is 1.68. The first-order valence-corrected chi connectivity index (χ1v) is 5.95. The number of aryl methyl sites for hydroxylation is 2. The minimum absolute atomic E-state index is 0.0967. The quantitative estimate of drug-likeness (QED) is 0.865. The normalized spacial score (nSPS) is 10.6. The van der Waals surface area contributed by atoms with Crippen LogP contribution in [0.3, 0.4) is 0 Å². The first kappa shape index (κ1) is 13.1. The molecule has 2 aromatic rings. The van der Waals surface area contributed by atoms with Crippen LogP contribution in [0.4, 0.5) is 0 Å². The molecular formula is C13H15N3O3. The number of carboxylic acid groups (broad SMARTS) is 1. The van der Waals surface area contributed by atoms with Crippen LogP contribution < -0.4 is 5.32 Å².